The number of fused-ring (bicyclic) bond motifs is 1. The molecule has 0 N–H and O–H groups in total. The normalized spacial score (nSPS) is 18.1. The Balaban J connectivity index is 1.76. The van der Waals surface area contributed by atoms with Crippen LogP contribution in [0.1, 0.15) is 23.9 Å². The number of para-hydroxylation sites is 1. The highest BCUT2D eigenvalue weighted by Gasteiger charge is 2.39. The first-order valence-electron chi connectivity index (χ1n) is 8.64. The Kier molecular flexibility index (Phi) is 4.79. The number of aromatic nitrogens is 1. The van der Waals surface area contributed by atoms with E-state index >= 15 is 0 Å². The van der Waals surface area contributed by atoms with Crippen molar-refractivity contribution in [2.24, 2.45) is 0 Å². The van der Waals surface area contributed by atoms with E-state index < -0.39 is 10.0 Å². The van der Waals surface area contributed by atoms with Crippen LogP contribution < -0.4 is 9.47 Å². The molecule has 27 heavy (non-hydrogen) atoms. The van der Waals surface area contributed by atoms with Crippen molar-refractivity contribution in [2.45, 2.75) is 23.8 Å². The van der Waals surface area contributed by atoms with Crippen LogP contribution in [-0.2, 0) is 10.0 Å². The highest BCUT2D eigenvalue weighted by atomic mass is 32.2. The van der Waals surface area contributed by atoms with E-state index in [9.17, 15) is 8.42 Å². The zero-order chi connectivity index (χ0) is 19.0. The summed E-state index contributed by atoms with van der Waals surface area (Å²) >= 11 is 1.55. The molecule has 1 fully saturated rings. The summed E-state index contributed by atoms with van der Waals surface area (Å²) in [5.74, 6) is 0.788. The molecule has 142 valence electrons. The number of benzene rings is 2. The van der Waals surface area contributed by atoms with E-state index in [0.29, 0.717) is 18.0 Å². The molecular weight excluding hydrogens is 384 g/mol. The zero-order valence-corrected chi connectivity index (χ0v) is 16.7. The maximum atomic E-state index is 13.4. The predicted molar refractivity (Wildman–Crippen MR) is 105 cm³/mol. The van der Waals surface area contributed by atoms with E-state index in [2.05, 4.69) is 4.98 Å². The fourth-order valence-electron chi connectivity index (χ4n) is 3.42. The van der Waals surface area contributed by atoms with Gasteiger partial charge >= 0.3 is 0 Å². The first-order valence-corrected chi connectivity index (χ1v) is 10.9. The first-order chi connectivity index (χ1) is 13.0. The molecule has 1 aliphatic heterocycles. The third-order valence-electron chi connectivity index (χ3n) is 4.76. The highest BCUT2D eigenvalue weighted by molar-refractivity contribution is 7.89. The number of hydrogen-bond donors (Lipinski definition) is 0. The Hall–Kier alpha value is -2.16. The Morgan fingerprint density at radius 3 is 2.70 bits per heavy atom. The van der Waals surface area contributed by atoms with Crippen LogP contribution in [0.15, 0.2) is 47.4 Å². The van der Waals surface area contributed by atoms with Crippen LogP contribution >= 0.6 is 11.3 Å². The molecule has 0 amide bonds. The maximum Gasteiger partial charge on any atom is 0.247 e. The van der Waals surface area contributed by atoms with Gasteiger partial charge < -0.3 is 9.47 Å². The quantitative estimate of drug-likeness (QED) is 0.646. The van der Waals surface area contributed by atoms with Gasteiger partial charge in [-0.2, -0.15) is 4.31 Å². The van der Waals surface area contributed by atoms with Gasteiger partial charge in [-0.25, -0.2) is 13.4 Å². The number of rotatable bonds is 5. The predicted octanol–water partition coefficient (Wildman–Crippen LogP) is 3.84. The molecule has 8 heteroatoms. The summed E-state index contributed by atoms with van der Waals surface area (Å²) in [4.78, 5) is 4.81. The van der Waals surface area contributed by atoms with E-state index in [1.165, 1.54) is 20.3 Å². The summed E-state index contributed by atoms with van der Waals surface area (Å²) < 4.78 is 40.0. The van der Waals surface area contributed by atoms with Crippen LogP contribution in [-0.4, -0.2) is 38.5 Å². The molecule has 0 saturated carbocycles. The lowest BCUT2D eigenvalue weighted by atomic mass is 10.2. The average Bonchev–Trinajstić information content (AvgIpc) is 3.34. The van der Waals surface area contributed by atoms with Crippen LogP contribution in [0.2, 0.25) is 0 Å². The smallest absolute Gasteiger partial charge is 0.247 e. The molecule has 1 aromatic heterocycles. The molecule has 1 aliphatic rings. The van der Waals surface area contributed by atoms with Gasteiger partial charge in [0.15, 0.2) is 0 Å². The molecule has 1 unspecified atom stereocenters. The second-order valence-corrected chi connectivity index (χ2v) is 9.23. The molecule has 2 heterocycles. The van der Waals surface area contributed by atoms with Gasteiger partial charge in [-0.3, -0.25) is 0 Å². The lowest BCUT2D eigenvalue weighted by Gasteiger charge is -2.23. The Morgan fingerprint density at radius 2 is 1.96 bits per heavy atom. The largest absolute Gasteiger partial charge is 0.497 e. The minimum Gasteiger partial charge on any atom is -0.497 e. The van der Waals surface area contributed by atoms with Gasteiger partial charge in [-0.05, 0) is 37.1 Å². The molecule has 4 rings (SSSR count). The number of methoxy groups -OCH3 is 2. The van der Waals surface area contributed by atoms with Gasteiger partial charge in [0.05, 0.1) is 30.5 Å². The fraction of sp³-hybridized carbons (Fsp3) is 0.316. The van der Waals surface area contributed by atoms with E-state index in [-0.39, 0.29) is 10.9 Å². The number of thiazole rings is 1. The molecule has 1 atom stereocenters. The maximum absolute atomic E-state index is 13.4. The number of ether oxygens (including phenoxy) is 2. The Morgan fingerprint density at radius 1 is 1.15 bits per heavy atom. The number of sulfonamides is 1. The number of nitrogens with zero attached hydrogens (tertiary/aromatic N) is 2. The Bertz CT molecular complexity index is 1050. The van der Waals surface area contributed by atoms with Gasteiger partial charge in [0.25, 0.3) is 0 Å². The molecular formula is C19H20N2O4S2. The molecule has 1 saturated heterocycles. The van der Waals surface area contributed by atoms with Crippen molar-refractivity contribution in [3.05, 3.63) is 47.5 Å². The van der Waals surface area contributed by atoms with Gasteiger partial charge in [0, 0.05) is 12.6 Å². The third kappa shape index (κ3) is 3.18. The van der Waals surface area contributed by atoms with Gasteiger partial charge in [0.1, 0.15) is 21.4 Å². The molecule has 0 aliphatic carbocycles. The molecule has 6 nitrogen and oxygen atoms in total. The van der Waals surface area contributed by atoms with Crippen LogP contribution in [0.3, 0.4) is 0 Å². The summed E-state index contributed by atoms with van der Waals surface area (Å²) in [6, 6.07) is 12.4. The van der Waals surface area contributed by atoms with Crippen LogP contribution in [0, 0.1) is 0 Å². The Labute approximate surface area is 162 Å². The zero-order valence-electron chi connectivity index (χ0n) is 15.1. The fourth-order valence-corrected chi connectivity index (χ4v) is 6.43. The molecule has 3 aromatic rings. The monoisotopic (exact) mass is 404 g/mol. The van der Waals surface area contributed by atoms with Crippen molar-refractivity contribution < 1.29 is 17.9 Å². The van der Waals surface area contributed by atoms with Crippen molar-refractivity contribution in [2.75, 3.05) is 20.8 Å². The van der Waals surface area contributed by atoms with E-state index in [1.807, 2.05) is 24.3 Å². The molecule has 0 radical (unpaired) electrons. The minimum atomic E-state index is -3.75. The van der Waals surface area contributed by atoms with E-state index in [4.69, 9.17) is 9.47 Å². The van der Waals surface area contributed by atoms with Gasteiger partial charge in [0.2, 0.25) is 10.0 Å². The van der Waals surface area contributed by atoms with E-state index in [0.717, 1.165) is 28.1 Å². The number of hydrogen-bond acceptors (Lipinski definition) is 6. The standard InChI is InChI=1S/C19H20N2O4S2/c1-24-13-9-10-16(25-2)18(12-13)27(22,23)21-11-5-7-15(21)19-20-14-6-3-4-8-17(14)26-19/h3-4,6,8-10,12,15H,5,7,11H2,1-2H3. The first kappa shape index (κ1) is 18.2. The van der Waals surface area contributed by atoms with Gasteiger partial charge in [-0.15, -0.1) is 11.3 Å². The summed E-state index contributed by atoms with van der Waals surface area (Å²) in [5.41, 5.74) is 0.903. The van der Waals surface area contributed by atoms with Crippen LogP contribution in [0.25, 0.3) is 10.2 Å². The second-order valence-electron chi connectivity index (χ2n) is 6.31. The van der Waals surface area contributed by atoms with Crippen molar-refractivity contribution >= 4 is 31.6 Å². The molecule has 0 spiro atoms. The lowest BCUT2D eigenvalue weighted by molar-refractivity contribution is 0.375. The van der Waals surface area contributed by atoms with Crippen molar-refractivity contribution in [1.29, 1.82) is 0 Å². The second kappa shape index (κ2) is 7.10. The van der Waals surface area contributed by atoms with Crippen molar-refractivity contribution in [1.82, 2.24) is 9.29 Å². The summed E-state index contributed by atoms with van der Waals surface area (Å²) in [7, 11) is -0.774. The highest BCUT2D eigenvalue weighted by Crippen LogP contribution is 2.41. The van der Waals surface area contributed by atoms with Gasteiger partial charge in [-0.1, -0.05) is 12.1 Å². The van der Waals surface area contributed by atoms with Crippen molar-refractivity contribution in [3.8, 4) is 11.5 Å². The van der Waals surface area contributed by atoms with E-state index in [1.54, 1.807) is 27.8 Å². The van der Waals surface area contributed by atoms with Crippen LogP contribution in [0.5, 0.6) is 11.5 Å². The summed E-state index contributed by atoms with van der Waals surface area (Å²) in [6.45, 7) is 0.462. The topological polar surface area (TPSA) is 68.7 Å². The SMILES string of the molecule is COc1ccc(OC)c(S(=O)(=O)N2CCCC2c2nc3ccccc3s2)c1. The minimum absolute atomic E-state index is 0.123. The summed E-state index contributed by atoms with van der Waals surface area (Å²) in [5, 5.41) is 0.833. The van der Waals surface area contributed by atoms with Crippen LogP contribution in [0.4, 0.5) is 0 Å². The lowest BCUT2D eigenvalue weighted by Crippen LogP contribution is -2.31. The third-order valence-corrected chi connectivity index (χ3v) is 7.82. The average molecular weight is 405 g/mol. The van der Waals surface area contributed by atoms with Crippen molar-refractivity contribution in [3.63, 3.8) is 0 Å². The molecule has 0 bridgehead atoms. The molecule has 2 aromatic carbocycles. The summed E-state index contributed by atoms with van der Waals surface area (Å²) in [6.07, 6.45) is 1.55.